The third-order valence-electron chi connectivity index (χ3n) is 1.21. The molecule has 1 aromatic rings. The van der Waals surface area contributed by atoms with E-state index in [-0.39, 0.29) is 11.4 Å². The second-order valence-corrected chi connectivity index (χ2v) is 1.83. The molecule has 0 unspecified atom stereocenters. The van der Waals surface area contributed by atoms with Crippen LogP contribution in [0.15, 0.2) is 12.3 Å². The first kappa shape index (κ1) is 7.65. The second-order valence-electron chi connectivity index (χ2n) is 1.83. The predicted molar refractivity (Wildman–Crippen MR) is 36.1 cm³/mol. The molecule has 0 amide bonds. The lowest BCUT2D eigenvalue weighted by molar-refractivity contribution is 0.111. The van der Waals surface area contributed by atoms with Gasteiger partial charge in [0.1, 0.15) is 11.4 Å². The molecule has 0 spiro atoms. The molecule has 0 saturated heterocycles. The number of carbonyl (C=O) groups is 1. The average molecular weight is 155 g/mol. The molecular formula is C7H6FNO2. The Labute approximate surface area is 62.8 Å². The summed E-state index contributed by atoms with van der Waals surface area (Å²) in [6.07, 6.45) is 1.61. The molecule has 58 valence electrons. The molecule has 0 fully saturated rings. The molecular weight excluding hydrogens is 149 g/mol. The summed E-state index contributed by atoms with van der Waals surface area (Å²) in [5, 5.41) is 0. The van der Waals surface area contributed by atoms with Crippen LogP contribution in [-0.4, -0.2) is 18.4 Å². The molecule has 0 aromatic carbocycles. The standard InChI is InChI=1S/C7H6FNO2/c1-11-7-5(4-10)6(8)2-3-9-7/h2-4H,1H3. The zero-order valence-corrected chi connectivity index (χ0v) is 5.87. The second kappa shape index (κ2) is 3.09. The normalized spacial score (nSPS) is 9.27. The minimum absolute atomic E-state index is 0.0139. The average Bonchev–Trinajstić information content (AvgIpc) is 2.04. The zero-order valence-electron chi connectivity index (χ0n) is 5.87. The molecule has 0 aliphatic rings. The van der Waals surface area contributed by atoms with Crippen LogP contribution in [0.25, 0.3) is 0 Å². The molecule has 0 radical (unpaired) electrons. The summed E-state index contributed by atoms with van der Waals surface area (Å²) < 4.78 is 17.3. The highest BCUT2D eigenvalue weighted by atomic mass is 19.1. The lowest BCUT2D eigenvalue weighted by atomic mass is 10.3. The van der Waals surface area contributed by atoms with E-state index in [1.807, 2.05) is 0 Å². The van der Waals surface area contributed by atoms with Crippen molar-refractivity contribution in [1.82, 2.24) is 4.98 Å². The van der Waals surface area contributed by atoms with E-state index in [2.05, 4.69) is 9.72 Å². The van der Waals surface area contributed by atoms with Gasteiger partial charge in [0, 0.05) is 6.20 Å². The number of hydrogen-bond acceptors (Lipinski definition) is 3. The van der Waals surface area contributed by atoms with E-state index >= 15 is 0 Å². The first-order valence-electron chi connectivity index (χ1n) is 2.93. The van der Waals surface area contributed by atoms with Crippen LogP contribution in [0.4, 0.5) is 4.39 Å². The van der Waals surface area contributed by atoms with Crippen molar-refractivity contribution in [3.05, 3.63) is 23.6 Å². The monoisotopic (exact) mass is 155 g/mol. The maximum Gasteiger partial charge on any atom is 0.226 e. The van der Waals surface area contributed by atoms with Crippen LogP contribution in [0.2, 0.25) is 0 Å². The number of ether oxygens (including phenoxy) is 1. The Balaban J connectivity index is 3.24. The van der Waals surface area contributed by atoms with Gasteiger partial charge in [0.2, 0.25) is 5.88 Å². The summed E-state index contributed by atoms with van der Waals surface area (Å²) in [4.78, 5) is 13.9. The van der Waals surface area contributed by atoms with Gasteiger partial charge in [0.25, 0.3) is 0 Å². The lowest BCUT2D eigenvalue weighted by Gasteiger charge is -2.00. The van der Waals surface area contributed by atoms with Gasteiger partial charge in [0.15, 0.2) is 6.29 Å². The number of aldehydes is 1. The highest BCUT2D eigenvalue weighted by molar-refractivity contribution is 5.78. The number of methoxy groups -OCH3 is 1. The van der Waals surface area contributed by atoms with Gasteiger partial charge in [-0.2, -0.15) is 0 Å². The predicted octanol–water partition coefficient (Wildman–Crippen LogP) is 1.04. The van der Waals surface area contributed by atoms with Crippen molar-refractivity contribution >= 4 is 6.29 Å². The molecule has 0 saturated carbocycles. The largest absolute Gasteiger partial charge is 0.480 e. The number of carbonyl (C=O) groups excluding carboxylic acids is 1. The molecule has 3 nitrogen and oxygen atoms in total. The molecule has 0 atom stereocenters. The first-order chi connectivity index (χ1) is 5.29. The van der Waals surface area contributed by atoms with Gasteiger partial charge in [-0.1, -0.05) is 0 Å². The Bertz CT molecular complexity index is 275. The molecule has 1 aromatic heterocycles. The van der Waals surface area contributed by atoms with Gasteiger partial charge in [-0.3, -0.25) is 4.79 Å². The Morgan fingerprint density at radius 2 is 2.45 bits per heavy atom. The summed E-state index contributed by atoms with van der Waals surface area (Å²) in [5.74, 6) is -0.605. The SMILES string of the molecule is COc1nccc(F)c1C=O. The minimum Gasteiger partial charge on any atom is -0.480 e. The van der Waals surface area contributed by atoms with Gasteiger partial charge in [-0.25, -0.2) is 9.37 Å². The van der Waals surface area contributed by atoms with Crippen LogP contribution >= 0.6 is 0 Å². The van der Waals surface area contributed by atoms with E-state index in [0.29, 0.717) is 6.29 Å². The van der Waals surface area contributed by atoms with Gasteiger partial charge < -0.3 is 4.74 Å². The zero-order chi connectivity index (χ0) is 8.27. The molecule has 4 heteroatoms. The molecule has 0 aliphatic carbocycles. The maximum absolute atomic E-state index is 12.7. The summed E-state index contributed by atoms with van der Waals surface area (Å²) in [5.41, 5.74) is -0.144. The molecule has 0 aliphatic heterocycles. The van der Waals surface area contributed by atoms with Crippen LogP contribution in [0.5, 0.6) is 5.88 Å². The van der Waals surface area contributed by atoms with Crippen LogP contribution < -0.4 is 4.74 Å². The van der Waals surface area contributed by atoms with Crippen molar-refractivity contribution < 1.29 is 13.9 Å². The topological polar surface area (TPSA) is 39.2 Å². The van der Waals surface area contributed by atoms with E-state index in [9.17, 15) is 9.18 Å². The fourth-order valence-corrected chi connectivity index (χ4v) is 0.701. The third kappa shape index (κ3) is 1.34. The summed E-state index contributed by atoms with van der Waals surface area (Å²) in [6.45, 7) is 0. The Hall–Kier alpha value is -1.45. The van der Waals surface area contributed by atoms with Gasteiger partial charge in [0.05, 0.1) is 7.11 Å². The number of pyridine rings is 1. The number of rotatable bonds is 2. The van der Waals surface area contributed by atoms with Gasteiger partial charge in [-0.15, -0.1) is 0 Å². The van der Waals surface area contributed by atoms with Crippen LogP contribution in [0.1, 0.15) is 10.4 Å². The number of halogens is 1. The van der Waals surface area contributed by atoms with Crippen molar-refractivity contribution in [3.8, 4) is 5.88 Å². The quantitative estimate of drug-likeness (QED) is 0.599. The van der Waals surface area contributed by atoms with Gasteiger partial charge in [-0.05, 0) is 6.07 Å². The van der Waals surface area contributed by atoms with Crippen molar-refractivity contribution in [2.45, 2.75) is 0 Å². The van der Waals surface area contributed by atoms with Crippen molar-refractivity contribution in [1.29, 1.82) is 0 Å². The van der Waals surface area contributed by atoms with E-state index in [1.54, 1.807) is 0 Å². The van der Waals surface area contributed by atoms with E-state index in [0.717, 1.165) is 6.07 Å². The third-order valence-corrected chi connectivity index (χ3v) is 1.21. The molecule has 11 heavy (non-hydrogen) atoms. The molecule has 1 heterocycles. The molecule has 0 N–H and O–H groups in total. The Morgan fingerprint density at radius 1 is 1.73 bits per heavy atom. The fourth-order valence-electron chi connectivity index (χ4n) is 0.701. The van der Waals surface area contributed by atoms with E-state index < -0.39 is 5.82 Å². The van der Waals surface area contributed by atoms with Gasteiger partial charge >= 0.3 is 0 Å². The van der Waals surface area contributed by atoms with Crippen LogP contribution in [0.3, 0.4) is 0 Å². The van der Waals surface area contributed by atoms with Crippen LogP contribution in [0, 0.1) is 5.82 Å². The summed E-state index contributed by atoms with van der Waals surface area (Å²) in [7, 11) is 1.33. The summed E-state index contributed by atoms with van der Waals surface area (Å²) >= 11 is 0. The highest BCUT2D eigenvalue weighted by Crippen LogP contribution is 2.14. The minimum atomic E-state index is -0.619. The van der Waals surface area contributed by atoms with Crippen molar-refractivity contribution in [2.75, 3.05) is 7.11 Å². The first-order valence-corrected chi connectivity index (χ1v) is 2.93. The lowest BCUT2D eigenvalue weighted by Crippen LogP contribution is -1.96. The summed E-state index contributed by atoms with van der Waals surface area (Å²) in [6, 6.07) is 1.10. The maximum atomic E-state index is 12.7. The number of aromatic nitrogens is 1. The fraction of sp³-hybridized carbons (Fsp3) is 0.143. The number of nitrogens with zero attached hydrogens (tertiary/aromatic N) is 1. The Kier molecular flexibility index (Phi) is 2.15. The smallest absolute Gasteiger partial charge is 0.226 e. The highest BCUT2D eigenvalue weighted by Gasteiger charge is 2.07. The Morgan fingerprint density at radius 3 is 2.91 bits per heavy atom. The van der Waals surface area contributed by atoms with E-state index in [1.165, 1.54) is 13.3 Å². The van der Waals surface area contributed by atoms with Crippen molar-refractivity contribution in [2.24, 2.45) is 0 Å². The molecule has 1 rings (SSSR count). The van der Waals surface area contributed by atoms with Crippen LogP contribution in [-0.2, 0) is 0 Å². The molecule has 0 bridgehead atoms. The van der Waals surface area contributed by atoms with Crippen molar-refractivity contribution in [3.63, 3.8) is 0 Å². The number of hydrogen-bond donors (Lipinski definition) is 0. The van der Waals surface area contributed by atoms with E-state index in [4.69, 9.17) is 0 Å².